The van der Waals surface area contributed by atoms with Crippen LogP contribution >= 0.6 is 0 Å². The summed E-state index contributed by atoms with van der Waals surface area (Å²) in [6.07, 6.45) is 6.47. The molecule has 130 valence electrons. The summed E-state index contributed by atoms with van der Waals surface area (Å²) in [5, 5.41) is 9.92. The summed E-state index contributed by atoms with van der Waals surface area (Å²) in [6, 6.07) is 13.5. The first-order valence-electron chi connectivity index (χ1n) is 8.58. The monoisotopic (exact) mass is 346 g/mol. The number of carboxylic acids is 1. The lowest BCUT2D eigenvalue weighted by molar-refractivity contribution is -0.142. The number of carbonyl (C=O) groups excluding carboxylic acids is 1. The van der Waals surface area contributed by atoms with Crippen LogP contribution in [-0.2, 0) is 14.3 Å². The summed E-state index contributed by atoms with van der Waals surface area (Å²) >= 11 is 0. The Balaban J connectivity index is 1.93. The summed E-state index contributed by atoms with van der Waals surface area (Å²) in [4.78, 5) is 23.8. The molecule has 1 unspecified atom stereocenters. The first-order chi connectivity index (χ1) is 12.6. The Labute approximate surface area is 151 Å². The zero-order chi connectivity index (χ0) is 18.3. The van der Waals surface area contributed by atoms with E-state index in [1.54, 1.807) is 0 Å². The first kappa shape index (κ1) is 16.3. The van der Waals surface area contributed by atoms with Crippen molar-refractivity contribution >= 4 is 11.9 Å². The number of carboxylic acid groups (broad SMARTS) is 1. The first-order valence-corrected chi connectivity index (χ1v) is 8.58. The fraction of sp³-hybridized carbons (Fsp3) is 0.182. The molecule has 26 heavy (non-hydrogen) atoms. The number of esters is 1. The molecule has 1 aliphatic heterocycles. The molecule has 2 aromatic rings. The van der Waals surface area contributed by atoms with E-state index in [0.717, 1.165) is 27.8 Å². The van der Waals surface area contributed by atoms with Crippen LogP contribution in [0.5, 0.6) is 0 Å². The summed E-state index contributed by atoms with van der Waals surface area (Å²) in [5.74, 6) is -2.18. The van der Waals surface area contributed by atoms with E-state index >= 15 is 0 Å². The van der Waals surface area contributed by atoms with Gasteiger partial charge in [0.1, 0.15) is 12.0 Å². The molecule has 1 N–H and O–H groups in total. The van der Waals surface area contributed by atoms with Crippen LogP contribution in [0.3, 0.4) is 0 Å². The minimum absolute atomic E-state index is 0.213. The number of benzene rings is 2. The van der Waals surface area contributed by atoms with Crippen molar-refractivity contribution in [3.8, 4) is 11.1 Å². The molecule has 0 fully saturated rings. The van der Waals surface area contributed by atoms with Gasteiger partial charge in [-0.25, -0.2) is 4.79 Å². The van der Waals surface area contributed by atoms with E-state index in [9.17, 15) is 14.7 Å². The standard InChI is InChI=1S/C22H18O4/c1-2-6-18-14(11-12-19(23)26-18)17-10-5-9-15-13-7-3-4-8-16(13)21(20(15)17)22(24)25/h2-12,14,18,21H,1H3,(H,24,25)/b6-2+/t14-,18-,21?/m0/s1. The molecule has 1 aliphatic carbocycles. The van der Waals surface area contributed by atoms with Gasteiger partial charge in [0.15, 0.2) is 0 Å². The lowest BCUT2D eigenvalue weighted by Crippen LogP contribution is -2.27. The van der Waals surface area contributed by atoms with Crippen LogP contribution in [0.25, 0.3) is 11.1 Å². The smallest absolute Gasteiger partial charge is 0.331 e. The van der Waals surface area contributed by atoms with E-state index in [1.807, 2.05) is 67.6 Å². The van der Waals surface area contributed by atoms with E-state index in [-0.39, 0.29) is 11.9 Å². The number of hydrogen-bond acceptors (Lipinski definition) is 3. The number of carbonyl (C=O) groups is 2. The van der Waals surface area contributed by atoms with Gasteiger partial charge in [0.25, 0.3) is 0 Å². The second-order valence-electron chi connectivity index (χ2n) is 6.48. The second-order valence-corrected chi connectivity index (χ2v) is 6.48. The average Bonchev–Trinajstić information content (AvgIpc) is 2.97. The Morgan fingerprint density at radius 1 is 1.08 bits per heavy atom. The number of fused-ring (bicyclic) bond motifs is 3. The lowest BCUT2D eigenvalue weighted by Gasteiger charge is -2.28. The van der Waals surface area contributed by atoms with Gasteiger partial charge in [0, 0.05) is 12.0 Å². The minimum atomic E-state index is -0.872. The SMILES string of the molecule is C/C=C/[C@@H]1OC(=O)C=C[C@H]1c1cccc2c1C(C(=O)O)c1ccccc1-2. The van der Waals surface area contributed by atoms with Gasteiger partial charge < -0.3 is 9.84 Å². The van der Waals surface area contributed by atoms with Gasteiger partial charge in [-0.05, 0) is 40.8 Å². The fourth-order valence-electron chi connectivity index (χ4n) is 4.00. The van der Waals surface area contributed by atoms with Crippen LogP contribution in [0.2, 0.25) is 0 Å². The highest BCUT2D eigenvalue weighted by Crippen LogP contribution is 2.48. The van der Waals surface area contributed by atoms with Gasteiger partial charge in [-0.2, -0.15) is 0 Å². The largest absolute Gasteiger partial charge is 0.481 e. The third-order valence-electron chi connectivity index (χ3n) is 5.02. The van der Waals surface area contributed by atoms with Crippen molar-refractivity contribution < 1.29 is 19.4 Å². The second kappa shape index (κ2) is 6.30. The molecule has 2 aromatic carbocycles. The van der Waals surface area contributed by atoms with E-state index < -0.39 is 18.0 Å². The number of ether oxygens (including phenoxy) is 1. The average molecular weight is 346 g/mol. The summed E-state index contributed by atoms with van der Waals surface area (Å²) in [7, 11) is 0. The Hall–Kier alpha value is -3.14. The number of rotatable bonds is 3. The summed E-state index contributed by atoms with van der Waals surface area (Å²) in [6.45, 7) is 1.87. The number of hydrogen-bond donors (Lipinski definition) is 1. The topological polar surface area (TPSA) is 63.6 Å². The quantitative estimate of drug-likeness (QED) is 0.673. The molecule has 4 rings (SSSR count). The Morgan fingerprint density at radius 3 is 2.58 bits per heavy atom. The highest BCUT2D eigenvalue weighted by molar-refractivity contribution is 5.94. The van der Waals surface area contributed by atoms with Crippen molar-refractivity contribution in [2.75, 3.05) is 0 Å². The molecule has 0 amide bonds. The third-order valence-corrected chi connectivity index (χ3v) is 5.02. The number of cyclic esters (lactones) is 1. The van der Waals surface area contributed by atoms with Gasteiger partial charge >= 0.3 is 11.9 Å². The number of allylic oxidation sites excluding steroid dienone is 1. The predicted molar refractivity (Wildman–Crippen MR) is 97.9 cm³/mol. The van der Waals surface area contributed by atoms with Crippen LogP contribution in [-0.4, -0.2) is 23.1 Å². The van der Waals surface area contributed by atoms with E-state index in [2.05, 4.69) is 0 Å². The van der Waals surface area contributed by atoms with E-state index in [0.29, 0.717) is 0 Å². The molecule has 4 heteroatoms. The predicted octanol–water partition coefficient (Wildman–Crippen LogP) is 4.02. The Morgan fingerprint density at radius 2 is 1.81 bits per heavy atom. The van der Waals surface area contributed by atoms with Crippen molar-refractivity contribution in [2.45, 2.75) is 24.9 Å². The van der Waals surface area contributed by atoms with Crippen molar-refractivity contribution in [1.29, 1.82) is 0 Å². The van der Waals surface area contributed by atoms with Gasteiger partial charge in [-0.3, -0.25) is 4.79 Å². The summed E-state index contributed by atoms with van der Waals surface area (Å²) in [5.41, 5.74) is 4.38. The maximum absolute atomic E-state index is 12.1. The van der Waals surface area contributed by atoms with Crippen LogP contribution < -0.4 is 0 Å². The molecule has 0 saturated carbocycles. The van der Waals surface area contributed by atoms with Crippen molar-refractivity contribution in [3.63, 3.8) is 0 Å². The highest BCUT2D eigenvalue weighted by Gasteiger charge is 2.38. The van der Waals surface area contributed by atoms with Crippen LogP contribution in [0, 0.1) is 0 Å². The van der Waals surface area contributed by atoms with Gasteiger partial charge in [0.2, 0.25) is 0 Å². The molecule has 0 spiro atoms. The maximum Gasteiger partial charge on any atom is 0.331 e. The number of aliphatic carboxylic acids is 1. The van der Waals surface area contributed by atoms with E-state index in [4.69, 9.17) is 4.74 Å². The molecule has 4 nitrogen and oxygen atoms in total. The van der Waals surface area contributed by atoms with Crippen molar-refractivity contribution in [3.05, 3.63) is 83.5 Å². The fourth-order valence-corrected chi connectivity index (χ4v) is 4.00. The van der Waals surface area contributed by atoms with Crippen LogP contribution in [0.15, 0.2) is 66.8 Å². The summed E-state index contributed by atoms with van der Waals surface area (Å²) < 4.78 is 5.47. The maximum atomic E-state index is 12.1. The zero-order valence-corrected chi connectivity index (χ0v) is 14.3. The molecule has 0 bridgehead atoms. The third kappa shape index (κ3) is 2.46. The van der Waals surface area contributed by atoms with Crippen LogP contribution in [0.4, 0.5) is 0 Å². The lowest BCUT2D eigenvalue weighted by atomic mass is 9.83. The van der Waals surface area contributed by atoms with E-state index in [1.165, 1.54) is 6.08 Å². The Kier molecular flexibility index (Phi) is 3.96. The van der Waals surface area contributed by atoms with Gasteiger partial charge in [-0.1, -0.05) is 54.6 Å². The minimum Gasteiger partial charge on any atom is -0.481 e. The molecular formula is C22H18O4. The zero-order valence-electron chi connectivity index (χ0n) is 14.3. The molecule has 0 saturated heterocycles. The molecule has 0 aromatic heterocycles. The van der Waals surface area contributed by atoms with Crippen LogP contribution in [0.1, 0.15) is 35.4 Å². The molecular weight excluding hydrogens is 328 g/mol. The Bertz CT molecular complexity index is 954. The molecule has 3 atom stereocenters. The van der Waals surface area contributed by atoms with Crippen molar-refractivity contribution in [2.24, 2.45) is 0 Å². The molecule has 1 heterocycles. The molecule has 2 aliphatic rings. The molecule has 0 radical (unpaired) electrons. The highest BCUT2D eigenvalue weighted by atomic mass is 16.5. The van der Waals surface area contributed by atoms with Gasteiger partial charge in [-0.15, -0.1) is 0 Å². The van der Waals surface area contributed by atoms with Gasteiger partial charge in [0.05, 0.1) is 0 Å². The van der Waals surface area contributed by atoms with Crippen molar-refractivity contribution in [1.82, 2.24) is 0 Å². The normalized spacial score (nSPS) is 23.6.